The van der Waals surface area contributed by atoms with Crippen molar-refractivity contribution in [3.63, 3.8) is 0 Å². The van der Waals surface area contributed by atoms with Gasteiger partial charge in [0.15, 0.2) is 0 Å². The second-order valence-corrected chi connectivity index (χ2v) is 4.15. The minimum absolute atomic E-state index is 0.0452. The molecule has 1 atom stereocenters. The Morgan fingerprint density at radius 3 is 2.76 bits per heavy atom. The molecule has 17 heavy (non-hydrogen) atoms. The van der Waals surface area contributed by atoms with Gasteiger partial charge in [0, 0.05) is 18.7 Å². The van der Waals surface area contributed by atoms with Crippen LogP contribution in [0, 0.1) is 0 Å². The molecule has 1 saturated heterocycles. The van der Waals surface area contributed by atoms with E-state index in [0.717, 1.165) is 42.2 Å². The number of hydrogen-bond acceptors (Lipinski definition) is 2. The average Bonchev–Trinajstić information content (AvgIpc) is 2.72. The van der Waals surface area contributed by atoms with Crippen LogP contribution in [0.4, 0.5) is 13.2 Å². The van der Waals surface area contributed by atoms with Crippen LogP contribution in [-0.4, -0.2) is 17.2 Å². The molecule has 0 amide bonds. The van der Waals surface area contributed by atoms with Crippen LogP contribution < -0.4 is 10.9 Å². The van der Waals surface area contributed by atoms with Gasteiger partial charge in [0.1, 0.15) is 5.69 Å². The Bertz CT molecular complexity index is 447. The first-order chi connectivity index (χ1) is 7.98. The fraction of sp³-hybridized carbons (Fsp3) is 0.545. The highest BCUT2D eigenvalue weighted by atomic mass is 19.4. The van der Waals surface area contributed by atoms with Gasteiger partial charge in [-0.2, -0.15) is 13.2 Å². The summed E-state index contributed by atoms with van der Waals surface area (Å²) < 4.78 is 39.0. The number of alkyl halides is 3. The van der Waals surface area contributed by atoms with E-state index in [1.807, 2.05) is 0 Å². The predicted molar refractivity (Wildman–Crippen MR) is 56.7 cm³/mol. The van der Waals surface area contributed by atoms with Crippen molar-refractivity contribution in [1.29, 1.82) is 0 Å². The van der Waals surface area contributed by atoms with Gasteiger partial charge < -0.3 is 9.88 Å². The van der Waals surface area contributed by atoms with Crippen LogP contribution in [0.1, 0.15) is 18.5 Å². The normalized spacial score (nSPS) is 20.8. The van der Waals surface area contributed by atoms with E-state index in [1.54, 1.807) is 0 Å². The average molecular weight is 246 g/mol. The summed E-state index contributed by atoms with van der Waals surface area (Å²) in [4.78, 5) is 11.5. The lowest BCUT2D eigenvalue weighted by molar-refractivity contribution is -0.144. The third kappa shape index (κ3) is 2.69. The molecule has 0 unspecified atom stereocenters. The molecule has 1 aromatic heterocycles. The molecule has 1 aromatic rings. The molecule has 1 fully saturated rings. The minimum Gasteiger partial charge on any atom is -0.312 e. The van der Waals surface area contributed by atoms with E-state index in [1.165, 1.54) is 0 Å². The van der Waals surface area contributed by atoms with Crippen LogP contribution in [0.5, 0.6) is 0 Å². The number of pyridine rings is 1. The van der Waals surface area contributed by atoms with Crippen molar-refractivity contribution in [1.82, 2.24) is 9.88 Å². The minimum atomic E-state index is -4.49. The Kier molecular flexibility index (Phi) is 3.24. The summed E-state index contributed by atoms with van der Waals surface area (Å²) in [6.07, 6.45) is -2.74. The molecule has 3 nitrogen and oxygen atoms in total. The van der Waals surface area contributed by atoms with E-state index < -0.39 is 17.4 Å². The predicted octanol–water partition coefficient (Wildman–Crippen LogP) is 1.62. The molecule has 0 radical (unpaired) electrons. The summed E-state index contributed by atoms with van der Waals surface area (Å²) in [5.74, 6) is 0. The zero-order valence-corrected chi connectivity index (χ0v) is 9.13. The lowest BCUT2D eigenvalue weighted by Crippen LogP contribution is -2.35. The zero-order valence-electron chi connectivity index (χ0n) is 9.13. The van der Waals surface area contributed by atoms with E-state index in [2.05, 4.69) is 5.32 Å². The SMILES string of the molecule is O=c1cccc(C(F)(F)F)n1C[C@H]1CCCN1. The van der Waals surface area contributed by atoms with E-state index in [9.17, 15) is 18.0 Å². The zero-order chi connectivity index (χ0) is 12.5. The van der Waals surface area contributed by atoms with E-state index in [-0.39, 0.29) is 12.6 Å². The molecular formula is C11H13F3N2O. The van der Waals surface area contributed by atoms with Crippen molar-refractivity contribution in [3.05, 3.63) is 34.2 Å². The first-order valence-electron chi connectivity index (χ1n) is 5.49. The molecule has 94 valence electrons. The Labute approximate surface area is 96.3 Å². The maximum absolute atomic E-state index is 12.7. The maximum Gasteiger partial charge on any atom is 0.431 e. The number of aromatic nitrogens is 1. The Morgan fingerprint density at radius 2 is 2.18 bits per heavy atom. The number of rotatable bonds is 2. The van der Waals surface area contributed by atoms with Gasteiger partial charge in [-0.25, -0.2) is 0 Å². The fourth-order valence-corrected chi connectivity index (χ4v) is 2.09. The van der Waals surface area contributed by atoms with Gasteiger partial charge in [0.05, 0.1) is 0 Å². The molecule has 6 heteroatoms. The molecule has 2 rings (SSSR count). The van der Waals surface area contributed by atoms with Crippen LogP contribution in [0.15, 0.2) is 23.0 Å². The monoisotopic (exact) mass is 246 g/mol. The second kappa shape index (κ2) is 4.52. The third-order valence-corrected chi connectivity index (χ3v) is 2.91. The fourth-order valence-electron chi connectivity index (χ4n) is 2.09. The first-order valence-corrected chi connectivity index (χ1v) is 5.49. The van der Waals surface area contributed by atoms with Crippen LogP contribution in [-0.2, 0) is 12.7 Å². The molecule has 0 aliphatic carbocycles. The molecule has 1 aliphatic heterocycles. The molecule has 0 aromatic carbocycles. The number of nitrogens with zero attached hydrogens (tertiary/aromatic N) is 1. The molecule has 0 spiro atoms. The van der Waals surface area contributed by atoms with Gasteiger partial charge in [-0.1, -0.05) is 6.07 Å². The van der Waals surface area contributed by atoms with Gasteiger partial charge >= 0.3 is 6.18 Å². The largest absolute Gasteiger partial charge is 0.431 e. The van der Waals surface area contributed by atoms with Gasteiger partial charge in [0.25, 0.3) is 5.56 Å². The Hall–Kier alpha value is -1.30. The summed E-state index contributed by atoms with van der Waals surface area (Å²) in [6, 6.07) is 3.20. The van der Waals surface area contributed by atoms with Gasteiger partial charge in [-0.15, -0.1) is 0 Å². The summed E-state index contributed by atoms with van der Waals surface area (Å²) in [7, 11) is 0. The quantitative estimate of drug-likeness (QED) is 0.860. The molecule has 1 N–H and O–H groups in total. The van der Waals surface area contributed by atoms with E-state index in [0.29, 0.717) is 0 Å². The van der Waals surface area contributed by atoms with Gasteiger partial charge in [-0.3, -0.25) is 4.79 Å². The Balaban J connectivity index is 2.33. The van der Waals surface area contributed by atoms with Crippen LogP contribution in [0.25, 0.3) is 0 Å². The summed E-state index contributed by atoms with van der Waals surface area (Å²) in [5.41, 5.74) is -1.48. The van der Waals surface area contributed by atoms with Crippen LogP contribution in [0.3, 0.4) is 0 Å². The highest BCUT2D eigenvalue weighted by Crippen LogP contribution is 2.28. The first kappa shape index (κ1) is 12.2. The lowest BCUT2D eigenvalue weighted by atomic mass is 10.2. The highest BCUT2D eigenvalue weighted by Gasteiger charge is 2.34. The van der Waals surface area contributed by atoms with Gasteiger partial charge in [0.2, 0.25) is 0 Å². The van der Waals surface area contributed by atoms with Crippen molar-refractivity contribution in [3.8, 4) is 0 Å². The summed E-state index contributed by atoms with van der Waals surface area (Å²) in [5, 5.41) is 3.08. The summed E-state index contributed by atoms with van der Waals surface area (Å²) >= 11 is 0. The van der Waals surface area contributed by atoms with E-state index >= 15 is 0 Å². The topological polar surface area (TPSA) is 34.0 Å². The molecule has 0 bridgehead atoms. The Morgan fingerprint density at radius 1 is 1.41 bits per heavy atom. The third-order valence-electron chi connectivity index (χ3n) is 2.91. The maximum atomic E-state index is 12.7. The molecule has 0 saturated carbocycles. The number of hydrogen-bond donors (Lipinski definition) is 1. The molecular weight excluding hydrogens is 233 g/mol. The van der Waals surface area contributed by atoms with Crippen molar-refractivity contribution >= 4 is 0 Å². The molecule has 2 heterocycles. The highest BCUT2D eigenvalue weighted by molar-refractivity contribution is 5.10. The summed E-state index contributed by atoms with van der Waals surface area (Å²) in [6.45, 7) is 0.877. The standard InChI is InChI=1S/C11H13F3N2O/c12-11(13,14)9-4-1-5-10(17)16(9)7-8-3-2-6-15-8/h1,4-5,8,15H,2-3,6-7H2/t8-/m1/s1. The van der Waals surface area contributed by atoms with Crippen molar-refractivity contribution in [2.24, 2.45) is 0 Å². The van der Waals surface area contributed by atoms with Crippen molar-refractivity contribution in [2.75, 3.05) is 6.54 Å². The second-order valence-electron chi connectivity index (χ2n) is 4.15. The van der Waals surface area contributed by atoms with Crippen molar-refractivity contribution < 1.29 is 13.2 Å². The number of nitrogens with one attached hydrogen (secondary N) is 1. The molecule has 1 aliphatic rings. The smallest absolute Gasteiger partial charge is 0.312 e. The number of halogens is 3. The lowest BCUT2D eigenvalue weighted by Gasteiger charge is -2.18. The van der Waals surface area contributed by atoms with Crippen molar-refractivity contribution in [2.45, 2.75) is 31.6 Å². The van der Waals surface area contributed by atoms with E-state index in [4.69, 9.17) is 0 Å². The van der Waals surface area contributed by atoms with Gasteiger partial charge in [-0.05, 0) is 25.5 Å². The van der Waals surface area contributed by atoms with Crippen LogP contribution >= 0.6 is 0 Å². The van der Waals surface area contributed by atoms with Crippen LogP contribution in [0.2, 0.25) is 0 Å².